The molecule has 0 aliphatic carbocycles. The molecule has 1 aliphatic heterocycles. The van der Waals surface area contributed by atoms with Gasteiger partial charge in [-0.2, -0.15) is 5.10 Å². The molecule has 0 bridgehead atoms. The molecule has 0 atom stereocenters. The van der Waals surface area contributed by atoms with Gasteiger partial charge >= 0.3 is 6.03 Å². The van der Waals surface area contributed by atoms with E-state index in [0.717, 1.165) is 48.9 Å². The van der Waals surface area contributed by atoms with Gasteiger partial charge in [0.2, 0.25) is 0 Å². The molecule has 1 fully saturated rings. The Kier molecular flexibility index (Phi) is 7.45. The minimum Gasteiger partial charge on any atom is -0.325 e. The lowest BCUT2D eigenvalue weighted by Crippen LogP contribution is -2.32. The van der Waals surface area contributed by atoms with E-state index in [1.54, 1.807) is 65.5 Å². The fourth-order valence-corrected chi connectivity index (χ4v) is 7.42. The zero-order valence-electron chi connectivity index (χ0n) is 25.0. The molecule has 0 radical (unpaired) electrons. The molecule has 3 aromatic heterocycles. The first kappa shape index (κ1) is 29.2. The third-order valence-corrected chi connectivity index (χ3v) is 9.93. The van der Waals surface area contributed by atoms with Crippen LogP contribution in [0.3, 0.4) is 0 Å². The summed E-state index contributed by atoms with van der Waals surface area (Å²) in [6, 6.07) is 26.1. The maximum atomic E-state index is 14.2. The number of aromatic nitrogens is 4. The average Bonchev–Trinajstić information content (AvgIpc) is 3.85. The molecular formula is C35H30N6O4S. The number of urea groups is 1. The van der Waals surface area contributed by atoms with Crippen LogP contribution in [0.1, 0.15) is 23.2 Å². The first-order valence-corrected chi connectivity index (χ1v) is 16.3. The van der Waals surface area contributed by atoms with E-state index in [9.17, 15) is 18.0 Å². The van der Waals surface area contributed by atoms with Gasteiger partial charge in [-0.3, -0.25) is 9.48 Å². The average molecular weight is 631 g/mol. The summed E-state index contributed by atoms with van der Waals surface area (Å²) in [5, 5.41) is 8.36. The van der Waals surface area contributed by atoms with Crippen LogP contribution in [-0.4, -0.2) is 57.5 Å². The molecule has 11 heteroatoms. The Morgan fingerprint density at radius 2 is 1.57 bits per heavy atom. The quantitative estimate of drug-likeness (QED) is 0.203. The summed E-state index contributed by atoms with van der Waals surface area (Å²) in [7, 11) is -2.23. The normalized spacial score (nSPS) is 13.3. The number of aryl methyl sites for hydroxylation is 1. The summed E-state index contributed by atoms with van der Waals surface area (Å²) in [6.07, 6.45) is 6.29. The van der Waals surface area contributed by atoms with Gasteiger partial charge in [-0.05, 0) is 60.4 Å². The third-order valence-electron chi connectivity index (χ3n) is 8.21. The lowest BCUT2D eigenvalue weighted by molar-refractivity contribution is 0.112. The predicted octanol–water partition coefficient (Wildman–Crippen LogP) is 6.45. The number of nitrogens with zero attached hydrogens (tertiary/aromatic N) is 5. The van der Waals surface area contributed by atoms with Gasteiger partial charge in [0.25, 0.3) is 10.0 Å². The van der Waals surface area contributed by atoms with Crippen LogP contribution >= 0.6 is 0 Å². The van der Waals surface area contributed by atoms with Crippen LogP contribution in [0, 0.1) is 0 Å². The molecule has 1 saturated heterocycles. The predicted molar refractivity (Wildman–Crippen MR) is 177 cm³/mol. The highest BCUT2D eigenvalue weighted by Crippen LogP contribution is 2.39. The van der Waals surface area contributed by atoms with Crippen molar-refractivity contribution in [2.45, 2.75) is 17.7 Å². The number of benzene rings is 3. The van der Waals surface area contributed by atoms with E-state index in [-0.39, 0.29) is 16.6 Å². The first-order valence-electron chi connectivity index (χ1n) is 14.9. The highest BCUT2D eigenvalue weighted by Gasteiger charge is 2.27. The van der Waals surface area contributed by atoms with Crippen molar-refractivity contribution < 1.29 is 18.0 Å². The molecule has 6 aromatic rings. The summed E-state index contributed by atoms with van der Waals surface area (Å²) in [5.41, 5.74) is 5.56. The molecule has 1 aliphatic rings. The number of hydrogen-bond donors (Lipinski definition) is 1. The monoisotopic (exact) mass is 630 g/mol. The lowest BCUT2D eigenvalue weighted by atomic mass is 10.00. The van der Waals surface area contributed by atoms with Gasteiger partial charge in [0.05, 0.1) is 10.6 Å². The van der Waals surface area contributed by atoms with Gasteiger partial charge in [-0.15, -0.1) is 0 Å². The van der Waals surface area contributed by atoms with Crippen molar-refractivity contribution in [2.24, 2.45) is 7.05 Å². The Bertz CT molecular complexity index is 2180. The molecule has 4 heterocycles. The highest BCUT2D eigenvalue weighted by molar-refractivity contribution is 7.90. The van der Waals surface area contributed by atoms with Crippen LogP contribution < -0.4 is 5.32 Å². The van der Waals surface area contributed by atoms with Crippen LogP contribution in [0.15, 0.2) is 108 Å². The number of pyridine rings is 1. The Morgan fingerprint density at radius 1 is 0.870 bits per heavy atom. The molecule has 0 saturated carbocycles. The van der Waals surface area contributed by atoms with Crippen LogP contribution in [0.25, 0.3) is 44.7 Å². The van der Waals surface area contributed by atoms with Crippen LogP contribution in [0.2, 0.25) is 0 Å². The molecule has 46 heavy (non-hydrogen) atoms. The van der Waals surface area contributed by atoms with E-state index < -0.39 is 10.0 Å². The zero-order chi connectivity index (χ0) is 31.8. The molecule has 7 rings (SSSR count). The number of carbonyl (C=O) groups excluding carboxylic acids is 2. The number of aldehydes is 1. The van der Waals surface area contributed by atoms with Crippen molar-refractivity contribution in [1.29, 1.82) is 0 Å². The summed E-state index contributed by atoms with van der Waals surface area (Å²) in [5.74, 6) is 0. The Morgan fingerprint density at radius 3 is 2.26 bits per heavy atom. The van der Waals surface area contributed by atoms with E-state index in [1.807, 2.05) is 54.5 Å². The van der Waals surface area contributed by atoms with Gasteiger partial charge in [0.15, 0.2) is 5.65 Å². The van der Waals surface area contributed by atoms with Crippen molar-refractivity contribution >= 4 is 39.1 Å². The van der Waals surface area contributed by atoms with Gasteiger partial charge < -0.3 is 10.2 Å². The molecule has 3 aromatic carbocycles. The molecular weight excluding hydrogens is 600 g/mol. The fraction of sp³-hybridized carbons (Fsp3) is 0.143. The number of carbonyl (C=O) groups is 2. The number of rotatable bonds is 7. The Hall–Kier alpha value is -5.55. The Balaban J connectivity index is 1.35. The van der Waals surface area contributed by atoms with E-state index in [2.05, 4.69) is 10.3 Å². The van der Waals surface area contributed by atoms with Gasteiger partial charge in [-0.1, -0.05) is 54.6 Å². The van der Waals surface area contributed by atoms with Crippen molar-refractivity contribution in [1.82, 2.24) is 23.6 Å². The summed E-state index contributed by atoms with van der Waals surface area (Å²) < 4.78 is 31.3. The zero-order valence-corrected chi connectivity index (χ0v) is 25.8. The number of amides is 2. The third kappa shape index (κ3) is 5.24. The van der Waals surface area contributed by atoms with Crippen molar-refractivity contribution in [3.8, 4) is 33.6 Å². The second-order valence-electron chi connectivity index (χ2n) is 11.2. The van der Waals surface area contributed by atoms with Gasteiger partial charge in [0, 0.05) is 60.3 Å². The van der Waals surface area contributed by atoms with Gasteiger partial charge in [0.1, 0.15) is 12.0 Å². The van der Waals surface area contributed by atoms with Gasteiger partial charge in [-0.25, -0.2) is 22.2 Å². The first-order chi connectivity index (χ1) is 22.3. The van der Waals surface area contributed by atoms with E-state index in [4.69, 9.17) is 5.10 Å². The van der Waals surface area contributed by atoms with Crippen molar-refractivity contribution in [3.05, 3.63) is 109 Å². The minimum atomic E-state index is -4.07. The minimum absolute atomic E-state index is 0.102. The SMILES string of the molecule is Cn1cc(-c2ccnc3c2cc(-c2ccc(C=O)cc2)n3S(=O)(=O)c2ccccc2)c(-c2ccc(NC(=O)N3CCCC3)cc2)n1. The highest BCUT2D eigenvalue weighted by atomic mass is 32.2. The number of likely N-dealkylation sites (tertiary alicyclic amines) is 1. The molecule has 0 spiro atoms. The fourth-order valence-electron chi connectivity index (χ4n) is 5.92. The molecule has 0 unspecified atom stereocenters. The molecule has 230 valence electrons. The van der Waals surface area contributed by atoms with E-state index in [1.165, 1.54) is 3.97 Å². The largest absolute Gasteiger partial charge is 0.325 e. The lowest BCUT2D eigenvalue weighted by Gasteiger charge is -2.16. The second-order valence-corrected chi connectivity index (χ2v) is 13.0. The second kappa shape index (κ2) is 11.8. The van der Waals surface area contributed by atoms with Crippen LogP contribution in [-0.2, 0) is 17.1 Å². The van der Waals surface area contributed by atoms with E-state index in [0.29, 0.717) is 33.6 Å². The molecule has 10 nitrogen and oxygen atoms in total. The maximum absolute atomic E-state index is 14.2. The van der Waals surface area contributed by atoms with Crippen molar-refractivity contribution in [3.63, 3.8) is 0 Å². The number of fused-ring (bicyclic) bond motifs is 1. The molecule has 2 amide bonds. The van der Waals surface area contributed by atoms with E-state index >= 15 is 0 Å². The number of hydrogen-bond acceptors (Lipinski definition) is 6. The number of nitrogens with one attached hydrogen (secondary N) is 1. The summed E-state index contributed by atoms with van der Waals surface area (Å²) in [4.78, 5) is 30.5. The van der Waals surface area contributed by atoms with Crippen LogP contribution in [0.4, 0.5) is 10.5 Å². The summed E-state index contributed by atoms with van der Waals surface area (Å²) in [6.45, 7) is 1.53. The smallest absolute Gasteiger partial charge is 0.321 e. The topological polar surface area (TPSA) is 119 Å². The number of anilines is 1. The van der Waals surface area contributed by atoms with Crippen molar-refractivity contribution in [2.75, 3.05) is 18.4 Å². The van der Waals surface area contributed by atoms with Crippen LogP contribution in [0.5, 0.6) is 0 Å². The summed E-state index contributed by atoms with van der Waals surface area (Å²) >= 11 is 0. The Labute approximate surface area is 266 Å². The molecule has 1 N–H and O–H groups in total. The maximum Gasteiger partial charge on any atom is 0.321 e. The standard InChI is InChI=1S/C35H30N6O4S/c1-39-22-31(33(38-39)26-13-15-27(16-14-26)37-35(43)40-19-5-6-20-40)29-17-18-36-34-30(29)21-32(25-11-9-24(23-42)10-12-25)41(34)46(44,45)28-7-3-2-4-8-28/h2-4,7-18,21-23H,5-6,19-20H2,1H3,(H,37,43).